The second kappa shape index (κ2) is 13.8. The first-order valence-corrected chi connectivity index (χ1v) is 14.5. The fourth-order valence-corrected chi connectivity index (χ4v) is 5.76. The molecule has 2 aliphatic heterocycles. The zero-order chi connectivity index (χ0) is 29.4. The van der Waals surface area contributed by atoms with Gasteiger partial charge in [0.25, 0.3) is 17.5 Å². The molecule has 41 heavy (non-hydrogen) atoms. The number of benzene rings is 1. The Kier molecular flexibility index (Phi) is 10.0. The molecule has 1 unspecified atom stereocenters. The fourth-order valence-electron chi connectivity index (χ4n) is 3.91. The highest BCUT2D eigenvalue weighted by Gasteiger charge is 2.53. The predicted octanol–water partition coefficient (Wildman–Crippen LogP) is 2.56. The molecule has 2 atom stereocenters. The molecule has 1 fully saturated rings. The highest BCUT2D eigenvalue weighted by molar-refractivity contribution is 8.00. The number of thioether (sulfide) groups is 1. The number of thiazole rings is 1. The number of nitro benzene ring substituents is 1. The summed E-state index contributed by atoms with van der Waals surface area (Å²) in [5.41, 5.74) is 0.537. The van der Waals surface area contributed by atoms with Crippen molar-refractivity contribution in [1.29, 1.82) is 0 Å². The summed E-state index contributed by atoms with van der Waals surface area (Å²) in [7, 11) is 0. The topological polar surface area (TPSA) is 182 Å². The van der Waals surface area contributed by atoms with Crippen LogP contribution in [0.2, 0.25) is 0 Å². The number of nitrogens with zero attached hydrogens (tertiary/aromatic N) is 4. The molecule has 0 spiro atoms. The number of hydrogen-bond donors (Lipinski definition) is 2. The van der Waals surface area contributed by atoms with Gasteiger partial charge in [0.2, 0.25) is 6.41 Å². The number of nitro groups is 1. The summed E-state index contributed by atoms with van der Waals surface area (Å²) in [6, 6.07) is 4.64. The summed E-state index contributed by atoms with van der Waals surface area (Å²) in [4.78, 5) is 70.9. The van der Waals surface area contributed by atoms with E-state index in [1.165, 1.54) is 46.3 Å². The number of fused-ring (bicyclic) bond motifs is 1. The lowest BCUT2D eigenvalue weighted by atomic mass is 10.0. The molecule has 3 heterocycles. The third kappa shape index (κ3) is 7.07. The highest BCUT2D eigenvalue weighted by atomic mass is 32.2. The van der Waals surface area contributed by atoms with E-state index in [-0.39, 0.29) is 34.5 Å². The van der Waals surface area contributed by atoms with Gasteiger partial charge >= 0.3 is 5.97 Å². The van der Waals surface area contributed by atoms with E-state index in [9.17, 15) is 29.3 Å². The number of non-ortho nitro benzene ring substituents is 1. The summed E-state index contributed by atoms with van der Waals surface area (Å²) in [5.74, 6) is -1.53. The zero-order valence-electron chi connectivity index (χ0n) is 21.8. The van der Waals surface area contributed by atoms with E-state index in [0.29, 0.717) is 24.3 Å². The van der Waals surface area contributed by atoms with E-state index < -0.39 is 34.1 Å². The number of esters is 1. The molecule has 0 aliphatic carbocycles. The number of rotatable bonds is 14. The smallest absolute Gasteiger partial charge is 0.355 e. The van der Waals surface area contributed by atoms with Gasteiger partial charge in [-0.25, -0.2) is 9.78 Å². The summed E-state index contributed by atoms with van der Waals surface area (Å²) in [5, 5.41) is 21.1. The van der Waals surface area contributed by atoms with Gasteiger partial charge in [0.1, 0.15) is 36.0 Å². The molecule has 1 aromatic carbocycles. The molecule has 0 bridgehead atoms. The SMILES string of the molecule is CCCCCON=C(C(=O)NC1C(=O)N2C(C(=O)OCc3ccc([N+](=O)[O-])cc3)=CCS[C@@H]12)c1csc(NC=O)n1. The standard InChI is InChI=1S/C25H26N6O8S2/c1-2-3-4-10-39-29-19(17-13-41-25(27-17)26-14-32)21(33)28-20-22(34)30-18(9-11-40-23(20)30)24(35)38-12-15-5-7-16(8-6-15)31(36)37/h5-9,13-14,20,23H,2-4,10-12H2,1H3,(H,28,33)(H,26,27,32)/t20?,23-/m0/s1. The van der Waals surface area contributed by atoms with Crippen LogP contribution in [0.25, 0.3) is 0 Å². The molecule has 1 aromatic heterocycles. The normalized spacial score (nSPS) is 18.0. The molecule has 216 valence electrons. The number of carbonyl (C=O) groups is 4. The van der Waals surface area contributed by atoms with Gasteiger partial charge < -0.3 is 20.2 Å². The monoisotopic (exact) mass is 602 g/mol. The maximum Gasteiger partial charge on any atom is 0.355 e. The van der Waals surface area contributed by atoms with Crippen LogP contribution in [0.5, 0.6) is 0 Å². The maximum atomic E-state index is 13.2. The third-order valence-electron chi connectivity index (χ3n) is 6.00. The molecule has 14 nitrogen and oxygen atoms in total. The number of carbonyl (C=O) groups excluding carboxylic acids is 4. The van der Waals surface area contributed by atoms with E-state index in [4.69, 9.17) is 9.57 Å². The van der Waals surface area contributed by atoms with Crippen molar-refractivity contribution in [1.82, 2.24) is 15.2 Å². The number of hydrogen-bond acceptors (Lipinski definition) is 12. The minimum absolute atomic E-state index is 0.0587. The number of β-lactam (4-membered cyclic amide) rings is 1. The lowest BCUT2D eigenvalue weighted by Crippen LogP contribution is -2.70. The van der Waals surface area contributed by atoms with Gasteiger partial charge in [-0.1, -0.05) is 24.9 Å². The molecule has 2 aromatic rings. The molecule has 0 saturated carbocycles. The van der Waals surface area contributed by atoms with Gasteiger partial charge in [0.05, 0.1) is 4.92 Å². The van der Waals surface area contributed by atoms with Crippen molar-refractivity contribution in [3.63, 3.8) is 0 Å². The van der Waals surface area contributed by atoms with Crippen LogP contribution in [-0.2, 0) is 35.4 Å². The van der Waals surface area contributed by atoms with Gasteiger partial charge in [0, 0.05) is 23.3 Å². The van der Waals surface area contributed by atoms with Crippen molar-refractivity contribution in [2.24, 2.45) is 5.16 Å². The van der Waals surface area contributed by atoms with E-state index >= 15 is 0 Å². The Bertz CT molecular complexity index is 1380. The van der Waals surface area contributed by atoms with E-state index in [0.717, 1.165) is 30.6 Å². The maximum absolute atomic E-state index is 13.2. The van der Waals surface area contributed by atoms with Gasteiger partial charge in [0.15, 0.2) is 10.8 Å². The Labute approximate surface area is 242 Å². The molecule has 1 saturated heterocycles. The van der Waals surface area contributed by atoms with E-state index in [2.05, 4.69) is 20.8 Å². The van der Waals surface area contributed by atoms with Crippen LogP contribution in [0.3, 0.4) is 0 Å². The third-order valence-corrected chi connectivity index (χ3v) is 7.96. The van der Waals surface area contributed by atoms with Crippen molar-refractivity contribution in [3.05, 3.63) is 62.8 Å². The lowest BCUT2D eigenvalue weighted by molar-refractivity contribution is -0.384. The first-order chi connectivity index (χ1) is 19.8. The van der Waals surface area contributed by atoms with Crippen LogP contribution < -0.4 is 10.6 Å². The minimum Gasteiger partial charge on any atom is -0.456 e. The first kappa shape index (κ1) is 29.7. The number of ether oxygens (including phenoxy) is 1. The van der Waals surface area contributed by atoms with Crippen molar-refractivity contribution in [2.75, 3.05) is 17.7 Å². The number of amides is 3. The Morgan fingerprint density at radius 2 is 2.07 bits per heavy atom. The zero-order valence-corrected chi connectivity index (χ0v) is 23.4. The minimum atomic E-state index is -0.935. The Morgan fingerprint density at radius 1 is 1.29 bits per heavy atom. The molecule has 4 rings (SSSR count). The summed E-state index contributed by atoms with van der Waals surface area (Å²) >= 11 is 2.46. The van der Waals surface area contributed by atoms with Crippen molar-refractivity contribution < 1.29 is 33.7 Å². The average Bonchev–Trinajstić information content (AvgIpc) is 3.44. The largest absolute Gasteiger partial charge is 0.456 e. The Balaban J connectivity index is 1.39. The summed E-state index contributed by atoms with van der Waals surface area (Å²) in [6.07, 6.45) is 4.69. The number of nitrogens with one attached hydrogen (secondary N) is 2. The van der Waals surface area contributed by atoms with Crippen molar-refractivity contribution in [2.45, 2.75) is 44.2 Å². The van der Waals surface area contributed by atoms with E-state index in [1.54, 1.807) is 6.08 Å². The number of anilines is 1. The molecule has 2 N–H and O–H groups in total. The van der Waals surface area contributed by atoms with Crippen LogP contribution in [0.4, 0.5) is 10.8 Å². The molecule has 3 amide bonds. The van der Waals surface area contributed by atoms with Gasteiger partial charge in [-0.3, -0.25) is 29.4 Å². The average molecular weight is 603 g/mol. The van der Waals surface area contributed by atoms with Crippen molar-refractivity contribution in [3.8, 4) is 0 Å². The van der Waals surface area contributed by atoms with Crippen LogP contribution in [0.1, 0.15) is 37.4 Å². The number of unbranched alkanes of at least 4 members (excludes halogenated alkanes) is 2. The molecule has 2 aliphatic rings. The molecular formula is C25H26N6O8S2. The highest BCUT2D eigenvalue weighted by Crippen LogP contribution is 2.38. The predicted molar refractivity (Wildman–Crippen MR) is 150 cm³/mol. The van der Waals surface area contributed by atoms with Gasteiger partial charge in [-0.2, -0.15) is 0 Å². The quantitative estimate of drug-likeness (QED) is 0.0620. The van der Waals surface area contributed by atoms with Crippen LogP contribution in [-0.4, -0.2) is 68.5 Å². The summed E-state index contributed by atoms with van der Waals surface area (Å²) in [6.45, 7) is 2.19. The van der Waals surface area contributed by atoms with Gasteiger partial charge in [-0.05, 0) is 30.2 Å². The van der Waals surface area contributed by atoms with E-state index in [1.807, 2.05) is 6.92 Å². The number of oxime groups is 1. The number of aromatic nitrogens is 1. The van der Waals surface area contributed by atoms with Crippen LogP contribution in [0.15, 0.2) is 46.6 Å². The van der Waals surface area contributed by atoms with Gasteiger partial charge in [-0.15, -0.1) is 23.1 Å². The first-order valence-electron chi connectivity index (χ1n) is 12.6. The molecule has 16 heteroatoms. The fraction of sp³-hybridized carbons (Fsp3) is 0.360. The summed E-state index contributed by atoms with van der Waals surface area (Å²) < 4.78 is 5.33. The van der Waals surface area contributed by atoms with Crippen molar-refractivity contribution >= 4 is 63.8 Å². The second-order valence-corrected chi connectivity index (χ2v) is 10.8. The Hall–Kier alpha value is -4.31. The lowest BCUT2D eigenvalue weighted by Gasteiger charge is -2.48. The molecule has 0 radical (unpaired) electrons. The second-order valence-electron chi connectivity index (χ2n) is 8.75. The Morgan fingerprint density at radius 3 is 2.78 bits per heavy atom. The van der Waals surface area contributed by atoms with Crippen LogP contribution in [0, 0.1) is 10.1 Å². The molecular weight excluding hydrogens is 576 g/mol. The van der Waals surface area contributed by atoms with Crippen LogP contribution >= 0.6 is 23.1 Å².